The van der Waals surface area contributed by atoms with Crippen molar-refractivity contribution in [2.45, 2.75) is 0 Å². The molecule has 0 unspecified atom stereocenters. The van der Waals surface area contributed by atoms with Gasteiger partial charge < -0.3 is 0 Å². The van der Waals surface area contributed by atoms with Gasteiger partial charge >= 0.3 is 0 Å². The van der Waals surface area contributed by atoms with Gasteiger partial charge in [0.25, 0.3) is 0 Å². The van der Waals surface area contributed by atoms with Gasteiger partial charge in [-0.3, -0.25) is 4.98 Å². The summed E-state index contributed by atoms with van der Waals surface area (Å²) >= 11 is 0. The number of benzene rings is 27. The van der Waals surface area contributed by atoms with Gasteiger partial charge in [-0.25, -0.2) is 9.97 Å². The highest BCUT2D eigenvalue weighted by molar-refractivity contribution is 6.31. The molecule has 0 atom stereocenters. The summed E-state index contributed by atoms with van der Waals surface area (Å²) in [6.45, 7) is 0. The minimum absolute atomic E-state index is 0.655. The second-order valence-electron chi connectivity index (χ2n) is 37.3. The van der Waals surface area contributed by atoms with Gasteiger partial charge in [-0.2, -0.15) is 5.26 Å². The smallest absolute Gasteiger partial charge is 0.0991 e. The van der Waals surface area contributed by atoms with E-state index in [1.54, 1.807) is 0 Å². The molecule has 644 valence electrons. The fraction of sp³-hybridized carbons (Fsp3) is 0. The Labute approximate surface area is 806 Å². The molecule has 0 saturated carbocycles. The fourth-order valence-corrected chi connectivity index (χ4v) is 23.1. The summed E-state index contributed by atoms with van der Waals surface area (Å²) < 4.78 is 0. The molecular weight excluding hydrogens is 1690 g/mol. The van der Waals surface area contributed by atoms with Gasteiger partial charge in [-0.05, 0) is 284 Å². The van der Waals surface area contributed by atoms with Crippen molar-refractivity contribution in [3.63, 3.8) is 0 Å². The third kappa shape index (κ3) is 13.1. The largest absolute Gasteiger partial charge is 0.264 e. The quantitative estimate of drug-likeness (QED) is 0.135. The van der Waals surface area contributed by atoms with E-state index < -0.39 is 0 Å². The van der Waals surface area contributed by atoms with Crippen LogP contribution in [0.25, 0.3) is 295 Å². The molecule has 0 bridgehead atoms. The zero-order chi connectivity index (χ0) is 92.2. The van der Waals surface area contributed by atoms with E-state index in [1.807, 2.05) is 42.7 Å². The van der Waals surface area contributed by atoms with Crippen LogP contribution in [-0.2, 0) is 0 Å². The average molecular weight is 1770 g/mol. The van der Waals surface area contributed by atoms with E-state index in [0.29, 0.717) is 5.56 Å². The van der Waals surface area contributed by atoms with Gasteiger partial charge in [0.2, 0.25) is 0 Å². The molecule has 4 heteroatoms. The first kappa shape index (κ1) is 79.9. The summed E-state index contributed by atoms with van der Waals surface area (Å²) in [4.78, 5) is 15.2. The van der Waals surface area contributed by atoms with Crippen LogP contribution in [0.5, 0.6) is 0 Å². The number of rotatable bonds is 9. The topological polar surface area (TPSA) is 62.5 Å². The van der Waals surface area contributed by atoms with Crippen molar-refractivity contribution in [3.05, 3.63) is 491 Å². The summed E-state index contributed by atoms with van der Waals surface area (Å²) in [7, 11) is 0. The normalized spacial score (nSPS) is 11.8. The van der Waals surface area contributed by atoms with Crippen molar-refractivity contribution in [2.24, 2.45) is 0 Å². The Morgan fingerprint density at radius 3 is 0.879 bits per heavy atom. The third-order valence-corrected chi connectivity index (χ3v) is 29.6. The highest BCUT2D eigenvalue weighted by Crippen LogP contribution is 2.50. The lowest BCUT2D eigenvalue weighted by atomic mass is 9.87. The SMILES string of the molecule is N#Cc1ccc(-c2ccc3c(c2)nc(-c2cccc(-c4ccc5ccc6cccc7ccc4c5c67)c2)c2ccc4ccccc4c23)cc1.c1ccc(-c2ccc3c(c2)nc(-c2cccc(-c4ccc5ccc6cccc7ccc4c5c67)c2)c2ccc4ccccc4c23)cc1.c1cncc(-c2ccc3c(c2)cc(-c2cccc(-c4ccc5ccc6cccc7ccc4c5c67)c2)c2ccc4ccccc4c23)c1. The second-order valence-corrected chi connectivity index (χ2v) is 37.3. The van der Waals surface area contributed by atoms with Crippen LogP contribution in [0.4, 0.5) is 0 Å². The van der Waals surface area contributed by atoms with Crippen LogP contribution in [0.3, 0.4) is 0 Å². The lowest BCUT2D eigenvalue weighted by Crippen LogP contribution is -1.93. The maximum atomic E-state index is 9.32. The summed E-state index contributed by atoms with van der Waals surface area (Å²) in [5.41, 5.74) is 23.4. The monoisotopic (exact) mass is 1770 g/mol. The first-order valence-corrected chi connectivity index (χ1v) is 48.0. The van der Waals surface area contributed by atoms with E-state index in [1.165, 1.54) is 234 Å². The predicted octanol–water partition coefficient (Wildman–Crippen LogP) is 37.2. The predicted molar refractivity (Wildman–Crippen MR) is 595 cm³/mol. The maximum Gasteiger partial charge on any atom is 0.0991 e. The van der Waals surface area contributed by atoms with Crippen molar-refractivity contribution in [3.8, 4) is 106 Å². The molecule has 0 aliphatic rings. The van der Waals surface area contributed by atoms with Crippen LogP contribution < -0.4 is 0 Å². The van der Waals surface area contributed by atoms with Crippen LogP contribution in [0.1, 0.15) is 5.56 Å². The number of hydrogen-bond acceptors (Lipinski definition) is 4. The zero-order valence-corrected chi connectivity index (χ0v) is 76.0. The van der Waals surface area contributed by atoms with Crippen molar-refractivity contribution < 1.29 is 0 Å². The lowest BCUT2D eigenvalue weighted by Gasteiger charge is -2.16. The van der Waals surface area contributed by atoms with Gasteiger partial charge in [-0.15, -0.1) is 0 Å². The first-order chi connectivity index (χ1) is 69.3. The van der Waals surface area contributed by atoms with Crippen molar-refractivity contribution in [2.75, 3.05) is 0 Å². The molecule has 0 N–H and O–H groups in total. The van der Waals surface area contributed by atoms with E-state index in [0.717, 1.165) is 61.0 Å². The van der Waals surface area contributed by atoms with Crippen molar-refractivity contribution in [1.29, 1.82) is 5.26 Å². The maximum absolute atomic E-state index is 9.32. The Hall–Kier alpha value is -18.7. The van der Waals surface area contributed by atoms with E-state index in [9.17, 15) is 5.26 Å². The minimum Gasteiger partial charge on any atom is -0.264 e. The van der Waals surface area contributed by atoms with E-state index in [2.05, 4.69) is 454 Å². The van der Waals surface area contributed by atoms with Gasteiger partial charge in [0, 0.05) is 61.4 Å². The molecule has 0 fully saturated rings. The average Bonchev–Trinajstić information content (AvgIpc) is 0.743. The molecule has 0 radical (unpaired) electrons. The van der Waals surface area contributed by atoms with Gasteiger partial charge in [0.05, 0.1) is 34.1 Å². The van der Waals surface area contributed by atoms with Gasteiger partial charge in [-0.1, -0.05) is 413 Å². The Morgan fingerprint density at radius 2 is 0.450 bits per heavy atom. The Morgan fingerprint density at radius 1 is 0.157 bits per heavy atom. The standard InChI is InChI=1S/C46H26N2.2C45H27N/c47-27-28-11-13-29(14-12-28)34-20-23-40-42(26-34)48-46(41-24-17-30-5-1-2-10-38(30)45(40)41)36-9-4-8-35(25-36)37-21-18-33-16-15-31-6-3-7-32-19-22-39(37)44(33)43(31)32;1-2-12-38-28(6-1)15-21-41-42(26-36-24-32(18-20-39(36)45(38)41)35-11-5-23-46-27-35)34-10-4-9-33(25-34)37-19-16-31-14-13-29-7-3-8-30-17-22-40(37)44(31)43(29)30;1-2-8-28(9-3-1)33-21-24-39-41(27-33)46-45(40-25-18-29-10-4-5-15-37(29)44(39)40)35-14-7-13-34(26-35)36-22-19-32-17-16-30-11-6-12-31-20-23-38(36)43(32)42(30)31/h1-26H;2*1-27H. The van der Waals surface area contributed by atoms with Crippen LogP contribution in [0.15, 0.2) is 486 Å². The fourth-order valence-electron chi connectivity index (χ4n) is 23.1. The lowest BCUT2D eigenvalue weighted by molar-refractivity contribution is 1.33. The molecule has 0 aliphatic carbocycles. The van der Waals surface area contributed by atoms with E-state index in [-0.39, 0.29) is 0 Å². The Kier molecular flexibility index (Phi) is 18.4. The molecule has 0 aliphatic heterocycles. The molecule has 0 saturated heterocycles. The van der Waals surface area contributed by atoms with Crippen LogP contribution in [0, 0.1) is 11.3 Å². The van der Waals surface area contributed by atoms with Crippen molar-refractivity contribution >= 4 is 194 Å². The summed E-state index contributed by atoms with van der Waals surface area (Å²) in [5, 5.41) is 52.4. The van der Waals surface area contributed by atoms with Crippen LogP contribution >= 0.6 is 0 Å². The molecule has 0 spiro atoms. The molecule has 3 aromatic heterocycles. The minimum atomic E-state index is 0.655. The summed E-state index contributed by atoms with van der Waals surface area (Å²) in [6.07, 6.45) is 3.77. The summed E-state index contributed by atoms with van der Waals surface area (Å²) in [6, 6.07) is 174. The number of aromatic nitrogens is 3. The van der Waals surface area contributed by atoms with E-state index in [4.69, 9.17) is 9.97 Å². The molecule has 4 nitrogen and oxygen atoms in total. The van der Waals surface area contributed by atoms with Gasteiger partial charge in [0.1, 0.15) is 0 Å². The van der Waals surface area contributed by atoms with Gasteiger partial charge in [0.15, 0.2) is 0 Å². The highest BCUT2D eigenvalue weighted by atomic mass is 14.7. The molecule has 27 aromatic carbocycles. The second kappa shape index (κ2) is 32.3. The number of nitrogens with zero attached hydrogens (tertiary/aromatic N) is 4. The molecular formula is C136H80N4. The Balaban J connectivity index is 0.000000103. The number of pyridine rings is 3. The molecule has 140 heavy (non-hydrogen) atoms. The molecule has 0 amide bonds. The van der Waals surface area contributed by atoms with E-state index >= 15 is 0 Å². The molecule has 3 heterocycles. The van der Waals surface area contributed by atoms with Crippen LogP contribution in [-0.4, -0.2) is 15.0 Å². The zero-order valence-electron chi connectivity index (χ0n) is 76.0. The van der Waals surface area contributed by atoms with Crippen LogP contribution in [0.2, 0.25) is 0 Å². The highest BCUT2D eigenvalue weighted by Gasteiger charge is 2.24. The third-order valence-electron chi connectivity index (χ3n) is 29.6. The van der Waals surface area contributed by atoms with Crippen molar-refractivity contribution in [1.82, 2.24) is 15.0 Å². The molecule has 30 aromatic rings. The number of hydrogen-bond donors (Lipinski definition) is 0. The molecule has 30 rings (SSSR count). The first-order valence-electron chi connectivity index (χ1n) is 48.0. The number of nitriles is 1. The number of fused-ring (bicyclic) bond motifs is 15. The summed E-state index contributed by atoms with van der Waals surface area (Å²) in [5.74, 6) is 0. The Bertz CT molecular complexity index is 9980.